The van der Waals surface area contributed by atoms with E-state index in [1.54, 1.807) is 4.90 Å². The highest BCUT2D eigenvalue weighted by atomic mass is 16.6. The number of carbonyl (C=O) groups excluding carboxylic acids is 1. The molecule has 0 aromatic heterocycles. The third kappa shape index (κ3) is 3.31. The summed E-state index contributed by atoms with van der Waals surface area (Å²) in [5.74, 6) is 0. The molecule has 1 aromatic carbocycles. The molecule has 110 valence electrons. The number of anilines is 1. The van der Waals surface area contributed by atoms with Gasteiger partial charge in [0.1, 0.15) is 5.60 Å². The lowest BCUT2D eigenvalue weighted by Crippen LogP contribution is -2.42. The van der Waals surface area contributed by atoms with Crippen LogP contribution >= 0.6 is 0 Å². The number of amides is 1. The first-order valence-corrected chi connectivity index (χ1v) is 7.25. The van der Waals surface area contributed by atoms with E-state index < -0.39 is 5.60 Å². The van der Waals surface area contributed by atoms with Crippen molar-refractivity contribution in [3.63, 3.8) is 0 Å². The molecule has 0 saturated heterocycles. The van der Waals surface area contributed by atoms with Crippen molar-refractivity contribution in [2.75, 3.05) is 18.0 Å². The van der Waals surface area contributed by atoms with Gasteiger partial charge in [0.05, 0.1) is 5.69 Å². The third-order valence-corrected chi connectivity index (χ3v) is 3.31. The molecule has 1 aliphatic heterocycles. The van der Waals surface area contributed by atoms with Crippen molar-refractivity contribution in [2.45, 2.75) is 45.8 Å². The second-order valence-corrected chi connectivity index (χ2v) is 6.09. The van der Waals surface area contributed by atoms with Crippen LogP contribution in [0.4, 0.5) is 10.5 Å². The van der Waals surface area contributed by atoms with E-state index in [4.69, 9.17) is 4.74 Å². The molecule has 1 aliphatic rings. The van der Waals surface area contributed by atoms with Crippen LogP contribution in [0.3, 0.4) is 0 Å². The lowest BCUT2D eigenvalue weighted by Gasteiger charge is -2.35. The highest BCUT2D eigenvalue weighted by Gasteiger charge is 2.30. The van der Waals surface area contributed by atoms with Gasteiger partial charge >= 0.3 is 6.09 Å². The lowest BCUT2D eigenvalue weighted by atomic mass is 9.96. The molecule has 0 spiro atoms. The maximum atomic E-state index is 12.3. The normalized spacial score (nSPS) is 18.6. The van der Waals surface area contributed by atoms with Crippen LogP contribution in [0.1, 0.15) is 45.7 Å². The van der Waals surface area contributed by atoms with E-state index in [2.05, 4.69) is 18.3 Å². The molecule has 0 aliphatic carbocycles. The van der Waals surface area contributed by atoms with Crippen molar-refractivity contribution in [3.8, 4) is 0 Å². The predicted molar refractivity (Wildman–Crippen MR) is 81.1 cm³/mol. The Morgan fingerprint density at radius 3 is 2.75 bits per heavy atom. The molecule has 0 bridgehead atoms. The second kappa shape index (κ2) is 5.83. The summed E-state index contributed by atoms with van der Waals surface area (Å²) in [5.41, 5.74) is 1.66. The van der Waals surface area contributed by atoms with Crippen molar-refractivity contribution in [3.05, 3.63) is 29.8 Å². The van der Waals surface area contributed by atoms with Crippen LogP contribution in [0.2, 0.25) is 0 Å². The average molecular weight is 276 g/mol. The van der Waals surface area contributed by atoms with Crippen molar-refractivity contribution >= 4 is 11.8 Å². The molecule has 1 N–H and O–H groups in total. The van der Waals surface area contributed by atoms with Gasteiger partial charge in [-0.25, -0.2) is 4.79 Å². The van der Waals surface area contributed by atoms with Crippen molar-refractivity contribution < 1.29 is 9.53 Å². The number of hydrogen-bond acceptors (Lipinski definition) is 3. The monoisotopic (exact) mass is 276 g/mol. The molecule has 0 saturated carbocycles. The summed E-state index contributed by atoms with van der Waals surface area (Å²) in [4.78, 5) is 14.1. The number of hydrogen-bond donors (Lipinski definition) is 1. The van der Waals surface area contributed by atoms with E-state index in [0.717, 1.165) is 18.7 Å². The predicted octanol–water partition coefficient (Wildman–Crippen LogP) is 3.48. The zero-order valence-electron chi connectivity index (χ0n) is 12.8. The van der Waals surface area contributed by atoms with Crippen LogP contribution in [0.5, 0.6) is 0 Å². The number of fused-ring (bicyclic) bond motifs is 1. The molecular formula is C16H24N2O2. The van der Waals surface area contributed by atoms with E-state index >= 15 is 0 Å². The summed E-state index contributed by atoms with van der Waals surface area (Å²) >= 11 is 0. The maximum Gasteiger partial charge on any atom is 0.414 e. The van der Waals surface area contributed by atoms with Crippen LogP contribution < -0.4 is 10.2 Å². The van der Waals surface area contributed by atoms with Gasteiger partial charge in [0.25, 0.3) is 0 Å². The first-order chi connectivity index (χ1) is 9.42. The largest absolute Gasteiger partial charge is 0.443 e. The molecular weight excluding hydrogens is 252 g/mol. The smallest absolute Gasteiger partial charge is 0.414 e. The Labute approximate surface area is 121 Å². The topological polar surface area (TPSA) is 41.6 Å². The highest BCUT2D eigenvalue weighted by Crippen LogP contribution is 2.34. The van der Waals surface area contributed by atoms with Gasteiger partial charge in [-0.15, -0.1) is 0 Å². The van der Waals surface area contributed by atoms with Gasteiger partial charge in [0.15, 0.2) is 0 Å². The summed E-state index contributed by atoms with van der Waals surface area (Å²) < 4.78 is 5.50. The van der Waals surface area contributed by atoms with Crippen LogP contribution in [0.15, 0.2) is 24.3 Å². The first kappa shape index (κ1) is 14.9. The van der Waals surface area contributed by atoms with Gasteiger partial charge in [-0.05, 0) is 45.4 Å². The molecule has 4 heteroatoms. The summed E-state index contributed by atoms with van der Waals surface area (Å²) in [6.07, 6.45) is 0.643. The highest BCUT2D eigenvalue weighted by molar-refractivity contribution is 5.89. The number of ether oxygens (including phenoxy) is 1. The number of nitrogens with one attached hydrogen (secondary N) is 1. The fourth-order valence-electron chi connectivity index (χ4n) is 2.53. The zero-order valence-corrected chi connectivity index (χ0v) is 12.8. The van der Waals surface area contributed by atoms with Gasteiger partial charge in [-0.2, -0.15) is 0 Å². The molecule has 20 heavy (non-hydrogen) atoms. The van der Waals surface area contributed by atoms with Crippen molar-refractivity contribution in [1.82, 2.24) is 5.32 Å². The third-order valence-electron chi connectivity index (χ3n) is 3.31. The van der Waals surface area contributed by atoms with Crippen LogP contribution in [-0.2, 0) is 4.74 Å². The van der Waals surface area contributed by atoms with Crippen molar-refractivity contribution in [2.24, 2.45) is 0 Å². The molecule has 1 aromatic rings. The molecule has 1 atom stereocenters. The number of nitrogens with zero attached hydrogens (tertiary/aromatic N) is 1. The van der Waals surface area contributed by atoms with Gasteiger partial charge in [-0.3, -0.25) is 4.90 Å². The Kier molecular flexibility index (Phi) is 4.33. The molecule has 0 fully saturated rings. The SMILES string of the molecule is CCNC1CCN(C(=O)OC(C)(C)C)c2ccccc21. The number of carbonyl (C=O) groups is 1. The van der Waals surface area contributed by atoms with Crippen LogP contribution in [0, 0.1) is 0 Å². The molecule has 0 radical (unpaired) electrons. The minimum Gasteiger partial charge on any atom is -0.443 e. The second-order valence-electron chi connectivity index (χ2n) is 6.09. The Balaban J connectivity index is 2.25. The molecule has 1 unspecified atom stereocenters. The standard InChI is InChI=1S/C16H24N2O2/c1-5-17-13-10-11-18(15(19)20-16(2,3)4)14-9-7-6-8-12(13)14/h6-9,13,17H,5,10-11H2,1-4H3. The Morgan fingerprint density at radius 2 is 2.10 bits per heavy atom. The van der Waals surface area contributed by atoms with Crippen LogP contribution in [0.25, 0.3) is 0 Å². The molecule has 4 nitrogen and oxygen atoms in total. The van der Waals surface area contributed by atoms with E-state index in [-0.39, 0.29) is 6.09 Å². The summed E-state index contributed by atoms with van der Waals surface area (Å²) in [6.45, 7) is 9.38. The van der Waals surface area contributed by atoms with E-state index in [1.165, 1.54) is 5.56 Å². The molecule has 1 heterocycles. The van der Waals surface area contributed by atoms with Gasteiger partial charge in [0.2, 0.25) is 0 Å². The Hall–Kier alpha value is -1.55. The molecule has 2 rings (SSSR count). The Bertz CT molecular complexity index is 480. The maximum absolute atomic E-state index is 12.3. The van der Waals surface area contributed by atoms with Crippen molar-refractivity contribution in [1.29, 1.82) is 0 Å². The van der Waals surface area contributed by atoms with E-state index in [9.17, 15) is 4.79 Å². The minimum atomic E-state index is -0.468. The number of benzene rings is 1. The first-order valence-electron chi connectivity index (χ1n) is 7.25. The summed E-state index contributed by atoms with van der Waals surface area (Å²) in [7, 11) is 0. The Morgan fingerprint density at radius 1 is 1.40 bits per heavy atom. The van der Waals surface area contributed by atoms with Gasteiger partial charge in [-0.1, -0.05) is 25.1 Å². The lowest BCUT2D eigenvalue weighted by molar-refractivity contribution is 0.0576. The zero-order chi connectivity index (χ0) is 14.8. The van der Waals surface area contributed by atoms with Crippen LogP contribution in [-0.4, -0.2) is 24.8 Å². The quantitative estimate of drug-likeness (QED) is 0.899. The van der Waals surface area contributed by atoms with Gasteiger partial charge in [0, 0.05) is 12.6 Å². The summed E-state index contributed by atoms with van der Waals surface area (Å²) in [6, 6.07) is 8.36. The number of rotatable bonds is 2. The fraction of sp³-hybridized carbons (Fsp3) is 0.562. The van der Waals surface area contributed by atoms with E-state index in [0.29, 0.717) is 12.6 Å². The molecule has 1 amide bonds. The van der Waals surface area contributed by atoms with Gasteiger partial charge < -0.3 is 10.1 Å². The minimum absolute atomic E-state index is 0.264. The van der Waals surface area contributed by atoms with E-state index in [1.807, 2.05) is 39.0 Å². The summed E-state index contributed by atoms with van der Waals surface area (Å²) in [5, 5.41) is 3.47. The average Bonchev–Trinajstić information content (AvgIpc) is 2.37. The number of para-hydroxylation sites is 1. The fourth-order valence-corrected chi connectivity index (χ4v) is 2.53.